The SMILES string of the molecule is Cc1c(C(=O)NN(C(=O)c2cc([N+](=O)[O-])cc([N+](=O)[O-])c2)C(C)(C)C)ccc2c1CC(C)(C)O2. The number of carbonyl (C=O) groups is 2. The molecular weight excluding hydrogens is 444 g/mol. The van der Waals surface area contributed by atoms with Crippen molar-refractivity contribution in [2.24, 2.45) is 0 Å². The van der Waals surface area contributed by atoms with Gasteiger partial charge in [0.2, 0.25) is 0 Å². The Morgan fingerprint density at radius 2 is 1.62 bits per heavy atom. The molecule has 0 radical (unpaired) electrons. The van der Waals surface area contributed by atoms with Crippen molar-refractivity contribution in [2.45, 2.75) is 59.1 Å². The lowest BCUT2D eigenvalue weighted by molar-refractivity contribution is -0.394. The third-order valence-electron chi connectivity index (χ3n) is 5.45. The van der Waals surface area contributed by atoms with Gasteiger partial charge in [0.15, 0.2) is 0 Å². The third kappa shape index (κ3) is 4.82. The van der Waals surface area contributed by atoms with Gasteiger partial charge in [0, 0.05) is 29.7 Å². The first-order valence-corrected chi connectivity index (χ1v) is 10.5. The zero-order chi connectivity index (χ0) is 25.6. The molecule has 3 rings (SSSR count). The van der Waals surface area contributed by atoms with Crippen molar-refractivity contribution in [3.05, 3.63) is 72.8 Å². The standard InChI is InChI=1S/C23H26N4O7/c1-13-17(7-8-19-18(13)12-23(5,6)34-19)20(28)24-25(22(2,3)4)21(29)14-9-15(26(30)31)11-16(10-14)27(32)33/h7-11H,12H2,1-6H3,(H,24,28). The fraction of sp³-hybridized carbons (Fsp3) is 0.391. The largest absolute Gasteiger partial charge is 0.487 e. The highest BCUT2D eigenvalue weighted by molar-refractivity contribution is 6.01. The number of benzene rings is 2. The summed E-state index contributed by atoms with van der Waals surface area (Å²) in [4.78, 5) is 47.4. The molecule has 0 unspecified atom stereocenters. The van der Waals surface area contributed by atoms with E-state index in [1.165, 1.54) is 0 Å². The first kappa shape index (κ1) is 24.6. The molecule has 0 bridgehead atoms. The van der Waals surface area contributed by atoms with Crippen LogP contribution in [0, 0.1) is 27.2 Å². The van der Waals surface area contributed by atoms with Crippen LogP contribution in [0.3, 0.4) is 0 Å². The van der Waals surface area contributed by atoms with Crippen LogP contribution in [0.25, 0.3) is 0 Å². The van der Waals surface area contributed by atoms with Crippen LogP contribution in [0.2, 0.25) is 0 Å². The number of carbonyl (C=O) groups excluding carboxylic acids is 2. The summed E-state index contributed by atoms with van der Waals surface area (Å²) in [5, 5.41) is 23.5. The van der Waals surface area contributed by atoms with Crippen LogP contribution in [0.5, 0.6) is 5.75 Å². The number of hydrogen-bond donors (Lipinski definition) is 1. The van der Waals surface area contributed by atoms with Gasteiger partial charge in [0.25, 0.3) is 23.2 Å². The van der Waals surface area contributed by atoms with E-state index in [4.69, 9.17) is 4.74 Å². The number of nitro groups is 2. The first-order valence-electron chi connectivity index (χ1n) is 10.5. The molecule has 0 aromatic heterocycles. The summed E-state index contributed by atoms with van der Waals surface area (Å²) < 4.78 is 5.90. The number of ether oxygens (including phenoxy) is 1. The van der Waals surface area contributed by atoms with Crippen molar-refractivity contribution in [1.29, 1.82) is 0 Å². The summed E-state index contributed by atoms with van der Waals surface area (Å²) in [6, 6.07) is 5.97. The Kier molecular flexibility index (Phi) is 6.08. The van der Waals surface area contributed by atoms with E-state index >= 15 is 0 Å². The van der Waals surface area contributed by atoms with Crippen LogP contribution in [0.4, 0.5) is 11.4 Å². The zero-order valence-electron chi connectivity index (χ0n) is 19.8. The van der Waals surface area contributed by atoms with E-state index in [9.17, 15) is 29.8 Å². The number of non-ortho nitro benzene ring substituents is 2. The normalized spacial score (nSPS) is 14.1. The summed E-state index contributed by atoms with van der Waals surface area (Å²) >= 11 is 0. The number of rotatable bonds is 4. The maximum absolute atomic E-state index is 13.3. The van der Waals surface area contributed by atoms with Gasteiger partial charge in [-0.2, -0.15) is 0 Å². The van der Waals surface area contributed by atoms with Gasteiger partial charge in [-0.15, -0.1) is 0 Å². The first-order chi connectivity index (χ1) is 15.6. The van der Waals surface area contributed by atoms with E-state index in [-0.39, 0.29) is 5.56 Å². The Morgan fingerprint density at radius 1 is 1.06 bits per heavy atom. The van der Waals surface area contributed by atoms with Crippen LogP contribution in [-0.4, -0.2) is 37.8 Å². The van der Waals surface area contributed by atoms with Gasteiger partial charge >= 0.3 is 0 Å². The Labute approximate surface area is 196 Å². The number of nitro benzene ring substituents is 2. The second-order valence-corrected chi connectivity index (χ2v) is 9.76. The van der Waals surface area contributed by atoms with Crippen LogP contribution >= 0.6 is 0 Å². The fourth-order valence-corrected chi connectivity index (χ4v) is 3.80. The summed E-state index contributed by atoms with van der Waals surface area (Å²) in [5.41, 5.74) is 1.69. The molecule has 1 aliphatic heterocycles. The molecule has 0 spiro atoms. The topological polar surface area (TPSA) is 145 Å². The highest BCUT2D eigenvalue weighted by atomic mass is 16.6. The van der Waals surface area contributed by atoms with Crippen molar-refractivity contribution in [3.63, 3.8) is 0 Å². The van der Waals surface area contributed by atoms with Gasteiger partial charge in [-0.3, -0.25) is 35.2 Å². The predicted octanol–water partition coefficient (Wildman–Crippen LogP) is 4.11. The van der Waals surface area contributed by atoms with Crippen molar-refractivity contribution in [2.75, 3.05) is 0 Å². The second-order valence-electron chi connectivity index (χ2n) is 9.76. The van der Waals surface area contributed by atoms with Crippen LogP contribution in [0.1, 0.15) is 66.5 Å². The van der Waals surface area contributed by atoms with E-state index < -0.39 is 44.2 Å². The Hall–Kier alpha value is -4.02. The average molecular weight is 470 g/mol. The maximum atomic E-state index is 13.3. The number of nitrogens with one attached hydrogen (secondary N) is 1. The molecule has 0 saturated heterocycles. The molecular formula is C23H26N4O7. The molecule has 2 aromatic carbocycles. The molecule has 0 aliphatic carbocycles. The quantitative estimate of drug-likeness (QED) is 0.523. The highest BCUT2D eigenvalue weighted by Crippen LogP contribution is 2.38. The monoisotopic (exact) mass is 470 g/mol. The lowest BCUT2D eigenvalue weighted by Crippen LogP contribution is -2.56. The van der Waals surface area contributed by atoms with Gasteiger partial charge in [-0.25, -0.2) is 5.01 Å². The fourth-order valence-electron chi connectivity index (χ4n) is 3.80. The maximum Gasteiger partial charge on any atom is 0.277 e. The summed E-state index contributed by atoms with van der Waals surface area (Å²) in [5.74, 6) is -0.684. The van der Waals surface area contributed by atoms with Gasteiger partial charge in [0.1, 0.15) is 11.4 Å². The molecule has 2 amide bonds. The predicted molar refractivity (Wildman–Crippen MR) is 123 cm³/mol. The Balaban J connectivity index is 1.98. The van der Waals surface area contributed by atoms with Crippen LogP contribution in [0.15, 0.2) is 30.3 Å². The van der Waals surface area contributed by atoms with E-state index in [1.807, 2.05) is 13.8 Å². The lowest BCUT2D eigenvalue weighted by Gasteiger charge is -2.35. The minimum Gasteiger partial charge on any atom is -0.487 e. The van der Waals surface area contributed by atoms with Crippen molar-refractivity contribution in [1.82, 2.24) is 10.4 Å². The van der Waals surface area contributed by atoms with Gasteiger partial charge < -0.3 is 4.74 Å². The molecule has 0 atom stereocenters. The summed E-state index contributed by atoms with van der Waals surface area (Å²) in [6.45, 7) is 10.7. The summed E-state index contributed by atoms with van der Waals surface area (Å²) in [7, 11) is 0. The van der Waals surface area contributed by atoms with E-state index in [0.29, 0.717) is 23.3 Å². The minimum atomic E-state index is -0.956. The zero-order valence-corrected chi connectivity index (χ0v) is 19.8. The van der Waals surface area contributed by atoms with Crippen LogP contribution < -0.4 is 10.2 Å². The molecule has 34 heavy (non-hydrogen) atoms. The number of nitrogens with zero attached hydrogens (tertiary/aromatic N) is 3. The molecule has 11 nitrogen and oxygen atoms in total. The highest BCUT2D eigenvalue weighted by Gasteiger charge is 2.35. The molecule has 1 aliphatic rings. The molecule has 0 fully saturated rings. The molecule has 180 valence electrons. The molecule has 2 aromatic rings. The second kappa shape index (κ2) is 8.40. The van der Waals surface area contributed by atoms with Gasteiger partial charge in [-0.05, 0) is 59.2 Å². The Bertz CT molecular complexity index is 1180. The number of fused-ring (bicyclic) bond motifs is 1. The van der Waals surface area contributed by atoms with E-state index in [1.54, 1.807) is 39.8 Å². The molecule has 1 heterocycles. The van der Waals surface area contributed by atoms with Gasteiger partial charge in [-0.1, -0.05) is 0 Å². The van der Waals surface area contributed by atoms with Crippen LogP contribution in [-0.2, 0) is 6.42 Å². The van der Waals surface area contributed by atoms with E-state index in [0.717, 1.165) is 28.8 Å². The summed E-state index contributed by atoms with van der Waals surface area (Å²) in [6.07, 6.45) is 0.620. The van der Waals surface area contributed by atoms with E-state index in [2.05, 4.69) is 5.43 Å². The lowest BCUT2D eigenvalue weighted by atomic mass is 9.95. The van der Waals surface area contributed by atoms with Gasteiger partial charge in [0.05, 0.1) is 27.0 Å². The average Bonchev–Trinajstić information content (AvgIpc) is 3.05. The van der Waals surface area contributed by atoms with Crippen molar-refractivity contribution >= 4 is 23.2 Å². The number of hydrogen-bond acceptors (Lipinski definition) is 7. The number of amides is 2. The Morgan fingerprint density at radius 3 is 2.12 bits per heavy atom. The number of hydrazine groups is 1. The van der Waals surface area contributed by atoms with Crippen molar-refractivity contribution < 1.29 is 24.2 Å². The smallest absolute Gasteiger partial charge is 0.277 e. The molecule has 11 heteroatoms. The molecule has 1 N–H and O–H groups in total. The third-order valence-corrected chi connectivity index (χ3v) is 5.45. The minimum absolute atomic E-state index is 0.294. The molecule has 0 saturated carbocycles. The van der Waals surface area contributed by atoms with Crippen molar-refractivity contribution in [3.8, 4) is 5.75 Å².